The molecule has 0 bridgehead atoms. The predicted molar refractivity (Wildman–Crippen MR) is 89.6 cm³/mol. The number of carbonyl (C=O) groups is 1. The Kier molecular flexibility index (Phi) is 5.71. The molecule has 1 saturated heterocycles. The molecule has 116 valence electrons. The van der Waals surface area contributed by atoms with E-state index in [1.54, 1.807) is 11.8 Å². The minimum atomic E-state index is 0.223. The molecule has 4 heteroatoms. The van der Waals surface area contributed by atoms with Crippen LogP contribution in [0.2, 0.25) is 0 Å². The number of likely N-dealkylation sites (tertiary alicyclic amines) is 1. The fourth-order valence-electron chi connectivity index (χ4n) is 2.99. The van der Waals surface area contributed by atoms with Crippen molar-refractivity contribution < 1.29 is 4.79 Å². The van der Waals surface area contributed by atoms with Crippen LogP contribution < -0.4 is 5.73 Å². The fourth-order valence-corrected chi connectivity index (χ4v) is 3.88. The van der Waals surface area contributed by atoms with Gasteiger partial charge in [0.05, 0.1) is 5.75 Å². The molecule has 0 aromatic heterocycles. The first-order chi connectivity index (χ1) is 10.0. The highest BCUT2D eigenvalue weighted by atomic mass is 32.2. The van der Waals surface area contributed by atoms with Crippen LogP contribution in [0.15, 0.2) is 23.1 Å². The molecule has 1 aliphatic rings. The van der Waals surface area contributed by atoms with E-state index in [0.29, 0.717) is 18.2 Å². The first kappa shape index (κ1) is 16.4. The van der Waals surface area contributed by atoms with Crippen molar-refractivity contribution in [1.82, 2.24) is 4.90 Å². The van der Waals surface area contributed by atoms with Crippen molar-refractivity contribution in [1.29, 1.82) is 0 Å². The van der Waals surface area contributed by atoms with Crippen LogP contribution in [0.1, 0.15) is 30.9 Å². The molecule has 3 nitrogen and oxygen atoms in total. The molecule has 2 N–H and O–H groups in total. The van der Waals surface area contributed by atoms with Crippen LogP contribution >= 0.6 is 11.8 Å². The highest BCUT2D eigenvalue weighted by molar-refractivity contribution is 8.00. The number of aryl methyl sites for hydroxylation is 2. The van der Waals surface area contributed by atoms with Crippen molar-refractivity contribution in [2.24, 2.45) is 11.7 Å². The molecular weight excluding hydrogens is 280 g/mol. The molecule has 1 aliphatic heterocycles. The van der Waals surface area contributed by atoms with E-state index in [9.17, 15) is 4.79 Å². The maximum absolute atomic E-state index is 12.5. The number of hydrogen-bond donors (Lipinski definition) is 1. The van der Waals surface area contributed by atoms with Crippen LogP contribution in [0.4, 0.5) is 0 Å². The van der Waals surface area contributed by atoms with Gasteiger partial charge in [0.25, 0.3) is 0 Å². The summed E-state index contributed by atoms with van der Waals surface area (Å²) in [6, 6.07) is 6.60. The summed E-state index contributed by atoms with van der Waals surface area (Å²) in [7, 11) is 0. The largest absolute Gasteiger partial charge is 0.338 e. The van der Waals surface area contributed by atoms with Crippen molar-refractivity contribution in [3.05, 3.63) is 29.3 Å². The van der Waals surface area contributed by atoms with E-state index in [1.807, 2.05) is 4.90 Å². The number of piperidine rings is 1. The third-order valence-corrected chi connectivity index (χ3v) is 5.41. The lowest BCUT2D eigenvalue weighted by Crippen LogP contribution is -2.49. The Morgan fingerprint density at radius 3 is 2.86 bits per heavy atom. The normalized spacial score (nSPS) is 22.4. The van der Waals surface area contributed by atoms with Crippen LogP contribution in [0.3, 0.4) is 0 Å². The van der Waals surface area contributed by atoms with E-state index < -0.39 is 0 Å². The van der Waals surface area contributed by atoms with E-state index in [4.69, 9.17) is 5.73 Å². The fraction of sp³-hybridized carbons (Fsp3) is 0.588. The summed E-state index contributed by atoms with van der Waals surface area (Å²) in [4.78, 5) is 15.7. The van der Waals surface area contributed by atoms with Gasteiger partial charge in [-0.15, -0.1) is 11.8 Å². The van der Waals surface area contributed by atoms with Crippen LogP contribution in [-0.2, 0) is 4.79 Å². The number of nitrogens with two attached hydrogens (primary N) is 1. The van der Waals surface area contributed by atoms with Crippen LogP contribution in [0.5, 0.6) is 0 Å². The highest BCUT2D eigenvalue weighted by Gasteiger charge is 2.28. The highest BCUT2D eigenvalue weighted by Crippen LogP contribution is 2.26. The van der Waals surface area contributed by atoms with Crippen molar-refractivity contribution in [3.8, 4) is 0 Å². The van der Waals surface area contributed by atoms with Crippen LogP contribution in [-0.4, -0.2) is 35.7 Å². The lowest BCUT2D eigenvalue weighted by molar-refractivity contribution is -0.132. The Bertz CT molecular complexity index is 504. The molecule has 1 heterocycles. The number of rotatable bonds is 4. The Morgan fingerprint density at radius 2 is 2.19 bits per heavy atom. The maximum atomic E-state index is 12.5. The standard InChI is InChI=1S/C17H26N2OS/c1-12-4-5-16(14(3)8-12)21-11-17(20)19-7-6-13(2)9-15(19)10-18/h4-5,8,13,15H,6-7,9-11,18H2,1-3H3. The Labute approximate surface area is 132 Å². The van der Waals surface area contributed by atoms with E-state index in [2.05, 4.69) is 39.0 Å². The lowest BCUT2D eigenvalue weighted by Gasteiger charge is -2.38. The van der Waals surface area contributed by atoms with E-state index >= 15 is 0 Å². The quantitative estimate of drug-likeness (QED) is 0.870. The maximum Gasteiger partial charge on any atom is 0.233 e. The molecule has 2 unspecified atom stereocenters. The molecule has 1 aromatic carbocycles. The van der Waals surface area contributed by atoms with Gasteiger partial charge in [-0.2, -0.15) is 0 Å². The van der Waals surface area contributed by atoms with Gasteiger partial charge in [0, 0.05) is 24.0 Å². The lowest BCUT2D eigenvalue weighted by atomic mass is 9.92. The summed E-state index contributed by atoms with van der Waals surface area (Å²) < 4.78 is 0. The van der Waals surface area contributed by atoms with Gasteiger partial charge in [0.1, 0.15) is 0 Å². The third kappa shape index (κ3) is 4.24. The van der Waals surface area contributed by atoms with Gasteiger partial charge in [-0.25, -0.2) is 0 Å². The van der Waals surface area contributed by atoms with Crippen molar-refractivity contribution >= 4 is 17.7 Å². The predicted octanol–water partition coefficient (Wildman–Crippen LogP) is 2.98. The first-order valence-electron chi connectivity index (χ1n) is 7.71. The molecule has 0 saturated carbocycles. The summed E-state index contributed by atoms with van der Waals surface area (Å²) in [5.41, 5.74) is 8.35. The minimum Gasteiger partial charge on any atom is -0.338 e. The molecule has 0 radical (unpaired) electrons. The van der Waals surface area contributed by atoms with Crippen molar-refractivity contribution in [2.45, 2.75) is 44.6 Å². The van der Waals surface area contributed by atoms with Gasteiger partial charge >= 0.3 is 0 Å². The molecule has 1 amide bonds. The minimum absolute atomic E-state index is 0.223. The average Bonchev–Trinajstić information content (AvgIpc) is 2.45. The van der Waals surface area contributed by atoms with Crippen molar-refractivity contribution in [2.75, 3.05) is 18.8 Å². The van der Waals surface area contributed by atoms with Gasteiger partial charge in [0.2, 0.25) is 5.91 Å². The second-order valence-corrected chi connectivity index (χ2v) is 7.18. The van der Waals surface area contributed by atoms with Crippen LogP contribution in [0, 0.1) is 19.8 Å². The Hall–Kier alpha value is -1.00. The zero-order valence-electron chi connectivity index (χ0n) is 13.3. The first-order valence-corrected chi connectivity index (χ1v) is 8.69. The molecule has 2 atom stereocenters. The van der Waals surface area contributed by atoms with E-state index in [-0.39, 0.29) is 11.9 Å². The van der Waals surface area contributed by atoms with Gasteiger partial charge in [-0.3, -0.25) is 4.79 Å². The SMILES string of the molecule is Cc1ccc(SCC(=O)N2CCC(C)CC2CN)c(C)c1. The third-order valence-electron chi connectivity index (χ3n) is 4.25. The molecule has 21 heavy (non-hydrogen) atoms. The summed E-state index contributed by atoms with van der Waals surface area (Å²) >= 11 is 1.64. The number of carbonyl (C=O) groups excluding carboxylic acids is 1. The second kappa shape index (κ2) is 7.32. The molecular formula is C17H26N2OS. The van der Waals surface area contributed by atoms with Crippen molar-refractivity contribution in [3.63, 3.8) is 0 Å². The zero-order valence-corrected chi connectivity index (χ0v) is 14.1. The van der Waals surface area contributed by atoms with E-state index in [0.717, 1.165) is 19.4 Å². The Morgan fingerprint density at radius 1 is 1.43 bits per heavy atom. The number of amides is 1. The second-order valence-electron chi connectivity index (χ2n) is 6.16. The molecule has 2 rings (SSSR count). The molecule has 1 aromatic rings. The van der Waals surface area contributed by atoms with E-state index in [1.165, 1.54) is 16.0 Å². The monoisotopic (exact) mass is 306 g/mol. The molecule has 0 aliphatic carbocycles. The zero-order chi connectivity index (χ0) is 15.4. The number of benzene rings is 1. The van der Waals surface area contributed by atoms with Crippen LogP contribution in [0.25, 0.3) is 0 Å². The average molecular weight is 306 g/mol. The summed E-state index contributed by atoms with van der Waals surface area (Å²) in [6.45, 7) is 7.87. The number of nitrogens with zero attached hydrogens (tertiary/aromatic N) is 1. The smallest absolute Gasteiger partial charge is 0.233 e. The number of thioether (sulfide) groups is 1. The molecule has 1 fully saturated rings. The van der Waals surface area contributed by atoms with Gasteiger partial charge in [0.15, 0.2) is 0 Å². The summed E-state index contributed by atoms with van der Waals surface area (Å²) in [5.74, 6) is 1.41. The number of hydrogen-bond acceptors (Lipinski definition) is 3. The van der Waals surface area contributed by atoms with Gasteiger partial charge in [-0.1, -0.05) is 24.6 Å². The topological polar surface area (TPSA) is 46.3 Å². The summed E-state index contributed by atoms with van der Waals surface area (Å²) in [5, 5.41) is 0. The van der Waals surface area contributed by atoms with Gasteiger partial charge in [-0.05, 0) is 44.2 Å². The Balaban J connectivity index is 1.94. The van der Waals surface area contributed by atoms with Gasteiger partial charge < -0.3 is 10.6 Å². The summed E-state index contributed by atoms with van der Waals surface area (Å²) in [6.07, 6.45) is 2.13. The molecule has 0 spiro atoms.